The summed E-state index contributed by atoms with van der Waals surface area (Å²) in [5.74, 6) is 0.743. The Hall–Kier alpha value is -4.28. The minimum atomic E-state index is -2.91. The van der Waals surface area contributed by atoms with Crippen molar-refractivity contribution in [1.82, 2.24) is 19.5 Å². The lowest BCUT2D eigenvalue weighted by atomic mass is 9.85. The summed E-state index contributed by atoms with van der Waals surface area (Å²) in [6.45, 7) is -1.09. The second kappa shape index (κ2) is 9.18. The van der Waals surface area contributed by atoms with Crippen molar-refractivity contribution in [3.8, 4) is 16.9 Å². The fourth-order valence-corrected chi connectivity index (χ4v) is 6.62. The van der Waals surface area contributed by atoms with Gasteiger partial charge in [0.15, 0.2) is 0 Å². The van der Waals surface area contributed by atoms with Crippen LogP contribution in [0.1, 0.15) is 24.4 Å². The van der Waals surface area contributed by atoms with Gasteiger partial charge in [0.25, 0.3) is 0 Å². The average Bonchev–Trinajstić information content (AvgIpc) is 3.58. The second-order valence-corrected chi connectivity index (χ2v) is 10.5. The molecule has 1 unspecified atom stereocenters. The first-order chi connectivity index (χ1) is 19.0. The summed E-state index contributed by atoms with van der Waals surface area (Å²) in [6, 6.07) is 12.5. The van der Waals surface area contributed by atoms with E-state index in [0.717, 1.165) is 35.0 Å². The molecule has 0 radical (unpaired) electrons. The number of benzene rings is 2. The van der Waals surface area contributed by atoms with Crippen LogP contribution in [0.5, 0.6) is 5.75 Å². The highest BCUT2D eigenvalue weighted by atomic mass is 19.3. The van der Waals surface area contributed by atoms with E-state index in [9.17, 15) is 18.7 Å². The highest BCUT2D eigenvalue weighted by molar-refractivity contribution is 5.85. The van der Waals surface area contributed by atoms with Crippen LogP contribution in [0.15, 0.2) is 54.9 Å². The van der Waals surface area contributed by atoms with Gasteiger partial charge in [0.1, 0.15) is 5.75 Å². The van der Waals surface area contributed by atoms with Crippen molar-refractivity contribution in [2.24, 2.45) is 17.8 Å². The van der Waals surface area contributed by atoms with Gasteiger partial charge < -0.3 is 24.6 Å². The van der Waals surface area contributed by atoms with Crippen LogP contribution >= 0.6 is 0 Å². The van der Waals surface area contributed by atoms with Crippen molar-refractivity contribution >= 4 is 28.9 Å². The SMILES string of the molecule is O=C(O)[C@@H]1[C@@H]2CC[C@H]1CN(c1ncc(-c3ccc4nc5n(c4c3)C(c3ccccc3OC(F)F)CN5)cn1)C2. The van der Waals surface area contributed by atoms with Crippen LogP contribution < -0.4 is 15.0 Å². The van der Waals surface area contributed by atoms with Crippen LogP contribution in [-0.4, -0.2) is 56.8 Å². The predicted molar refractivity (Wildman–Crippen MR) is 140 cm³/mol. The van der Waals surface area contributed by atoms with Crippen molar-refractivity contribution in [2.75, 3.05) is 29.9 Å². The molecule has 0 spiro atoms. The van der Waals surface area contributed by atoms with Crippen LogP contribution in [0.25, 0.3) is 22.2 Å². The Balaban J connectivity index is 1.18. The van der Waals surface area contributed by atoms with Gasteiger partial charge in [-0.25, -0.2) is 15.0 Å². The summed E-state index contributed by atoms with van der Waals surface area (Å²) in [4.78, 5) is 27.7. The summed E-state index contributed by atoms with van der Waals surface area (Å²) in [5, 5.41) is 12.9. The first kappa shape index (κ1) is 23.8. The number of carboxylic acid groups (broad SMARTS) is 1. The third-order valence-corrected chi connectivity index (χ3v) is 8.32. The molecular formula is C28H26F2N6O3. The van der Waals surface area contributed by atoms with E-state index < -0.39 is 12.6 Å². The molecule has 39 heavy (non-hydrogen) atoms. The maximum atomic E-state index is 13.1. The van der Waals surface area contributed by atoms with Crippen LogP contribution in [0.2, 0.25) is 0 Å². The Morgan fingerprint density at radius 3 is 2.51 bits per heavy atom. The number of alkyl halides is 2. The van der Waals surface area contributed by atoms with E-state index in [2.05, 4.69) is 20.2 Å². The number of halogens is 2. The van der Waals surface area contributed by atoms with E-state index in [-0.39, 0.29) is 29.5 Å². The number of carbonyl (C=O) groups is 1. The van der Waals surface area contributed by atoms with Crippen molar-refractivity contribution in [2.45, 2.75) is 25.5 Å². The normalized spacial score (nSPS) is 23.7. The Morgan fingerprint density at radius 2 is 1.79 bits per heavy atom. The molecule has 4 atom stereocenters. The summed E-state index contributed by atoms with van der Waals surface area (Å²) in [6.07, 6.45) is 5.44. The van der Waals surface area contributed by atoms with Gasteiger partial charge >= 0.3 is 12.6 Å². The standard InChI is InChI=1S/C28H26F2N6O3/c29-26(30)39-23-4-2-1-3-19(23)22-12-33-28-34-20-8-7-15(9-21(20)36(22)28)18-10-31-27(32-11-18)35-13-16-5-6-17(14-35)24(16)25(37)38/h1-4,7-11,16-17,22,24,26H,5-6,12-14H2,(H,33,34)(H,37,38)/t16-,17+,22?,24-. The molecule has 1 aliphatic carbocycles. The van der Waals surface area contributed by atoms with Gasteiger partial charge in [0.05, 0.1) is 23.0 Å². The van der Waals surface area contributed by atoms with Crippen LogP contribution in [0.4, 0.5) is 20.7 Å². The quantitative estimate of drug-likeness (QED) is 0.370. The maximum Gasteiger partial charge on any atom is 0.387 e. The molecule has 11 heteroatoms. The van der Waals surface area contributed by atoms with Crippen LogP contribution in [-0.2, 0) is 4.79 Å². The molecular weight excluding hydrogens is 506 g/mol. The zero-order valence-electron chi connectivity index (χ0n) is 20.9. The van der Waals surface area contributed by atoms with Crippen molar-refractivity contribution < 1.29 is 23.4 Å². The lowest BCUT2D eigenvalue weighted by molar-refractivity contribution is -0.144. The van der Waals surface area contributed by atoms with Crippen molar-refractivity contribution in [3.63, 3.8) is 0 Å². The number of para-hydroxylation sites is 1. The van der Waals surface area contributed by atoms with Crippen molar-refractivity contribution in [3.05, 3.63) is 60.4 Å². The molecule has 7 rings (SSSR count). The van der Waals surface area contributed by atoms with E-state index in [4.69, 9.17) is 9.72 Å². The number of fused-ring (bicyclic) bond motifs is 5. The molecule has 2 N–H and O–H groups in total. The number of nitrogens with zero attached hydrogens (tertiary/aromatic N) is 5. The number of aliphatic carboxylic acids is 1. The molecule has 9 nitrogen and oxygen atoms in total. The molecule has 4 aromatic rings. The van der Waals surface area contributed by atoms with Crippen LogP contribution in [0.3, 0.4) is 0 Å². The number of nitrogens with one attached hydrogen (secondary N) is 1. The number of ether oxygens (including phenoxy) is 1. The summed E-state index contributed by atoms with van der Waals surface area (Å²) in [7, 11) is 0. The number of anilines is 2. The summed E-state index contributed by atoms with van der Waals surface area (Å²) >= 11 is 0. The first-order valence-corrected chi connectivity index (χ1v) is 13.1. The summed E-state index contributed by atoms with van der Waals surface area (Å²) < 4.78 is 32.9. The van der Waals surface area contributed by atoms with Crippen LogP contribution in [0, 0.1) is 17.8 Å². The van der Waals surface area contributed by atoms with Gasteiger partial charge in [-0.05, 0) is 48.4 Å². The largest absolute Gasteiger partial charge is 0.481 e. The molecule has 200 valence electrons. The summed E-state index contributed by atoms with van der Waals surface area (Å²) in [5.41, 5.74) is 4.04. The van der Waals surface area contributed by atoms with Gasteiger partial charge in [-0.1, -0.05) is 24.3 Å². The third kappa shape index (κ3) is 4.03. The molecule has 0 amide bonds. The predicted octanol–water partition coefficient (Wildman–Crippen LogP) is 4.66. The molecule has 1 saturated heterocycles. The van der Waals surface area contributed by atoms with Gasteiger partial charge in [0.2, 0.25) is 11.9 Å². The zero-order valence-corrected chi connectivity index (χ0v) is 20.9. The lowest BCUT2D eigenvalue weighted by Crippen LogP contribution is -2.45. The number of hydrogen-bond donors (Lipinski definition) is 2. The van der Waals surface area contributed by atoms with Crippen molar-refractivity contribution in [1.29, 1.82) is 0 Å². The Labute approximate surface area is 222 Å². The maximum absolute atomic E-state index is 13.1. The average molecular weight is 533 g/mol. The Kier molecular flexibility index (Phi) is 5.60. The van der Waals surface area contributed by atoms with E-state index in [1.807, 2.05) is 28.8 Å². The number of rotatable bonds is 6. The molecule has 2 aromatic heterocycles. The molecule has 4 heterocycles. The number of aromatic nitrogens is 4. The molecule has 2 aromatic carbocycles. The highest BCUT2D eigenvalue weighted by Crippen LogP contribution is 2.43. The Morgan fingerprint density at radius 1 is 1.05 bits per heavy atom. The fourth-order valence-electron chi connectivity index (χ4n) is 6.62. The zero-order chi connectivity index (χ0) is 26.7. The van der Waals surface area contributed by atoms with Gasteiger partial charge in [-0.2, -0.15) is 8.78 Å². The number of imidazole rings is 1. The highest BCUT2D eigenvalue weighted by Gasteiger charge is 2.46. The third-order valence-electron chi connectivity index (χ3n) is 8.32. The second-order valence-electron chi connectivity index (χ2n) is 10.5. The topological polar surface area (TPSA) is 105 Å². The minimum absolute atomic E-state index is 0.133. The number of piperidine rings is 1. The van der Waals surface area contributed by atoms with E-state index in [1.54, 1.807) is 30.6 Å². The van der Waals surface area contributed by atoms with E-state index in [0.29, 0.717) is 37.1 Å². The fraction of sp³-hybridized carbons (Fsp3) is 0.357. The van der Waals surface area contributed by atoms with E-state index in [1.165, 1.54) is 0 Å². The molecule has 2 aliphatic heterocycles. The van der Waals surface area contributed by atoms with Gasteiger partial charge in [-0.3, -0.25) is 4.79 Å². The monoisotopic (exact) mass is 532 g/mol. The molecule has 1 saturated carbocycles. The van der Waals surface area contributed by atoms with Gasteiger partial charge in [-0.15, -0.1) is 0 Å². The first-order valence-electron chi connectivity index (χ1n) is 13.1. The minimum Gasteiger partial charge on any atom is -0.481 e. The Bertz CT molecular complexity index is 1540. The lowest BCUT2D eigenvalue weighted by Gasteiger charge is -2.35. The molecule has 3 aliphatic rings. The molecule has 2 bridgehead atoms. The number of hydrogen-bond acceptors (Lipinski definition) is 7. The molecule has 2 fully saturated rings. The van der Waals surface area contributed by atoms with Gasteiger partial charge in [0, 0.05) is 43.2 Å². The number of carboxylic acids is 1. The smallest absolute Gasteiger partial charge is 0.387 e. The van der Waals surface area contributed by atoms with E-state index >= 15 is 0 Å².